The monoisotopic (exact) mass is 281 g/mol. The maximum Gasteiger partial charge on any atom is 0.161 e. The van der Waals surface area contributed by atoms with E-state index in [1.54, 1.807) is 14.2 Å². The highest BCUT2D eigenvalue weighted by molar-refractivity contribution is 5.42. The molecule has 1 unspecified atom stereocenters. The van der Waals surface area contributed by atoms with E-state index in [4.69, 9.17) is 14.2 Å². The Kier molecular flexibility index (Phi) is 8.07. The molecule has 1 rings (SSSR count). The van der Waals surface area contributed by atoms with Crippen molar-refractivity contribution in [1.82, 2.24) is 5.32 Å². The summed E-state index contributed by atoms with van der Waals surface area (Å²) in [6.45, 7) is 7.42. The average Bonchev–Trinajstić information content (AvgIpc) is 2.49. The van der Waals surface area contributed by atoms with Crippen LogP contribution in [0.2, 0.25) is 0 Å². The summed E-state index contributed by atoms with van der Waals surface area (Å²) in [6, 6.07) is 6.05. The normalized spacial score (nSPS) is 12.2. The number of rotatable bonds is 10. The van der Waals surface area contributed by atoms with Gasteiger partial charge in [-0.05, 0) is 23.6 Å². The maximum absolute atomic E-state index is 5.87. The zero-order valence-electron chi connectivity index (χ0n) is 13.1. The predicted molar refractivity (Wildman–Crippen MR) is 81.5 cm³/mol. The minimum absolute atomic E-state index is 0.545. The van der Waals surface area contributed by atoms with Crippen LogP contribution in [0.25, 0.3) is 0 Å². The Hall–Kier alpha value is -1.26. The van der Waals surface area contributed by atoms with E-state index in [-0.39, 0.29) is 0 Å². The highest BCUT2D eigenvalue weighted by Crippen LogP contribution is 2.28. The van der Waals surface area contributed by atoms with Crippen molar-refractivity contribution in [3.8, 4) is 11.5 Å². The maximum atomic E-state index is 5.87. The fourth-order valence-corrected chi connectivity index (χ4v) is 1.70. The number of methoxy groups -OCH3 is 2. The molecule has 0 aliphatic heterocycles. The van der Waals surface area contributed by atoms with E-state index >= 15 is 0 Å². The fourth-order valence-electron chi connectivity index (χ4n) is 1.70. The van der Waals surface area contributed by atoms with Crippen molar-refractivity contribution in [3.63, 3.8) is 0 Å². The lowest BCUT2D eigenvalue weighted by atomic mass is 10.1. The van der Waals surface area contributed by atoms with E-state index in [1.165, 1.54) is 5.56 Å². The van der Waals surface area contributed by atoms with Crippen molar-refractivity contribution in [1.29, 1.82) is 0 Å². The Labute approximate surface area is 122 Å². The number of nitrogens with one attached hydrogen (secondary N) is 1. The van der Waals surface area contributed by atoms with Crippen LogP contribution in [0, 0.1) is 5.92 Å². The van der Waals surface area contributed by atoms with Crippen LogP contribution in [0.1, 0.15) is 25.8 Å². The summed E-state index contributed by atoms with van der Waals surface area (Å²) in [5.41, 5.74) is 1.18. The highest BCUT2D eigenvalue weighted by atomic mass is 16.5. The Morgan fingerprint density at radius 1 is 1.20 bits per heavy atom. The minimum Gasteiger partial charge on any atom is -0.493 e. The van der Waals surface area contributed by atoms with Crippen LogP contribution < -0.4 is 14.8 Å². The van der Waals surface area contributed by atoms with Gasteiger partial charge in [-0.15, -0.1) is 0 Å². The molecule has 0 aliphatic rings. The van der Waals surface area contributed by atoms with Crippen LogP contribution in [0.3, 0.4) is 0 Å². The third-order valence-electron chi connectivity index (χ3n) is 3.26. The van der Waals surface area contributed by atoms with Gasteiger partial charge in [0.25, 0.3) is 0 Å². The first-order valence-corrected chi connectivity index (χ1v) is 7.20. The second kappa shape index (κ2) is 9.61. The lowest BCUT2D eigenvalue weighted by molar-refractivity contribution is 0.199. The first-order chi connectivity index (χ1) is 9.71. The molecule has 4 nitrogen and oxygen atoms in total. The average molecular weight is 281 g/mol. The van der Waals surface area contributed by atoms with Crippen molar-refractivity contribution >= 4 is 0 Å². The molecule has 0 saturated heterocycles. The molecule has 4 heteroatoms. The van der Waals surface area contributed by atoms with Crippen LogP contribution in [-0.2, 0) is 11.3 Å². The van der Waals surface area contributed by atoms with E-state index in [2.05, 4.69) is 25.2 Å². The molecule has 0 aromatic heterocycles. The minimum atomic E-state index is 0.545. The highest BCUT2D eigenvalue weighted by Gasteiger charge is 2.07. The topological polar surface area (TPSA) is 39.7 Å². The molecule has 0 heterocycles. The smallest absolute Gasteiger partial charge is 0.161 e. The van der Waals surface area contributed by atoms with Gasteiger partial charge in [0.15, 0.2) is 11.5 Å². The zero-order chi connectivity index (χ0) is 14.8. The summed E-state index contributed by atoms with van der Waals surface area (Å²) in [5, 5.41) is 3.32. The molecule has 0 saturated carbocycles. The summed E-state index contributed by atoms with van der Waals surface area (Å²) in [6.07, 6.45) is 1.11. The fraction of sp³-hybridized carbons (Fsp3) is 0.625. The van der Waals surface area contributed by atoms with Crippen LogP contribution in [0.4, 0.5) is 0 Å². The van der Waals surface area contributed by atoms with Gasteiger partial charge in [0.2, 0.25) is 0 Å². The summed E-state index contributed by atoms with van der Waals surface area (Å²) in [5.74, 6) is 2.15. The molecular weight excluding hydrogens is 254 g/mol. The summed E-state index contributed by atoms with van der Waals surface area (Å²) in [7, 11) is 3.37. The van der Waals surface area contributed by atoms with Crippen molar-refractivity contribution in [2.45, 2.75) is 26.8 Å². The largest absolute Gasteiger partial charge is 0.493 e. The van der Waals surface area contributed by atoms with Crippen molar-refractivity contribution < 1.29 is 14.2 Å². The number of benzene rings is 1. The predicted octanol–water partition coefficient (Wildman–Crippen LogP) is 2.86. The Bertz CT molecular complexity index is 382. The molecule has 1 aromatic rings. The van der Waals surface area contributed by atoms with Crippen LogP contribution in [0.15, 0.2) is 18.2 Å². The third kappa shape index (κ3) is 5.80. The molecule has 0 amide bonds. The van der Waals surface area contributed by atoms with Crippen LogP contribution in [-0.4, -0.2) is 34.0 Å². The summed E-state index contributed by atoms with van der Waals surface area (Å²) >= 11 is 0. The van der Waals surface area contributed by atoms with Gasteiger partial charge < -0.3 is 19.5 Å². The molecule has 0 radical (unpaired) electrons. The number of hydrogen-bond donors (Lipinski definition) is 1. The Morgan fingerprint density at radius 3 is 2.65 bits per heavy atom. The molecule has 1 atom stereocenters. The van der Waals surface area contributed by atoms with Gasteiger partial charge in [0.1, 0.15) is 0 Å². The molecule has 0 bridgehead atoms. The number of hydrogen-bond acceptors (Lipinski definition) is 4. The van der Waals surface area contributed by atoms with Gasteiger partial charge >= 0.3 is 0 Å². The Balaban J connectivity index is 2.60. The second-order valence-corrected chi connectivity index (χ2v) is 4.98. The van der Waals surface area contributed by atoms with E-state index in [1.807, 2.05) is 12.1 Å². The molecule has 20 heavy (non-hydrogen) atoms. The summed E-state index contributed by atoms with van der Waals surface area (Å²) < 4.78 is 16.2. The standard InChI is InChI=1S/C16H27NO3/c1-5-13(2)12-20-16-10-14(6-7-15(16)19-4)11-17-8-9-18-3/h6-7,10,13,17H,5,8-9,11-12H2,1-4H3. The first-order valence-electron chi connectivity index (χ1n) is 7.20. The lowest BCUT2D eigenvalue weighted by Crippen LogP contribution is -2.18. The van der Waals surface area contributed by atoms with Gasteiger partial charge in [-0.1, -0.05) is 26.3 Å². The molecule has 1 aromatic carbocycles. The molecule has 0 spiro atoms. The van der Waals surface area contributed by atoms with Gasteiger partial charge in [0.05, 0.1) is 20.3 Å². The van der Waals surface area contributed by atoms with Gasteiger partial charge in [0, 0.05) is 20.2 Å². The molecule has 0 fully saturated rings. The van der Waals surface area contributed by atoms with Gasteiger partial charge in [-0.3, -0.25) is 0 Å². The molecule has 114 valence electrons. The van der Waals surface area contributed by atoms with Crippen molar-refractivity contribution in [3.05, 3.63) is 23.8 Å². The lowest BCUT2D eigenvalue weighted by Gasteiger charge is -2.15. The van der Waals surface area contributed by atoms with Crippen LogP contribution in [0.5, 0.6) is 11.5 Å². The zero-order valence-corrected chi connectivity index (χ0v) is 13.1. The SMILES string of the molecule is CCC(C)COc1cc(CNCCOC)ccc1OC. The van der Waals surface area contributed by atoms with Crippen molar-refractivity contribution in [2.24, 2.45) is 5.92 Å². The second-order valence-electron chi connectivity index (χ2n) is 4.98. The first kappa shape index (κ1) is 16.8. The van der Waals surface area contributed by atoms with E-state index in [0.717, 1.165) is 31.0 Å². The third-order valence-corrected chi connectivity index (χ3v) is 3.26. The molecule has 0 aliphatic carbocycles. The van der Waals surface area contributed by atoms with E-state index < -0.39 is 0 Å². The van der Waals surface area contributed by atoms with Gasteiger partial charge in [-0.25, -0.2) is 0 Å². The van der Waals surface area contributed by atoms with Crippen LogP contribution >= 0.6 is 0 Å². The summed E-state index contributed by atoms with van der Waals surface area (Å²) in [4.78, 5) is 0. The quantitative estimate of drug-likeness (QED) is 0.669. The van der Waals surface area contributed by atoms with Crippen molar-refractivity contribution in [2.75, 3.05) is 34.0 Å². The van der Waals surface area contributed by atoms with E-state index in [0.29, 0.717) is 19.1 Å². The molecular formula is C16H27NO3. The van der Waals surface area contributed by atoms with Gasteiger partial charge in [-0.2, -0.15) is 0 Å². The number of ether oxygens (including phenoxy) is 3. The molecule has 1 N–H and O–H groups in total. The van der Waals surface area contributed by atoms with E-state index in [9.17, 15) is 0 Å². The Morgan fingerprint density at radius 2 is 2.00 bits per heavy atom.